The highest BCUT2D eigenvalue weighted by molar-refractivity contribution is 9.10. The minimum atomic E-state index is 0.658. The number of benzene rings is 1. The van der Waals surface area contributed by atoms with Crippen molar-refractivity contribution in [2.45, 2.75) is 13.3 Å². The van der Waals surface area contributed by atoms with Crippen LogP contribution in [0.1, 0.15) is 11.9 Å². The number of halogens is 1. The molecule has 1 N–H and O–H groups in total. The van der Waals surface area contributed by atoms with Crippen LogP contribution in [0.2, 0.25) is 0 Å². The number of ether oxygens (including phenoxy) is 1. The van der Waals surface area contributed by atoms with E-state index in [-0.39, 0.29) is 0 Å². The molecule has 0 bridgehead atoms. The van der Waals surface area contributed by atoms with Crippen molar-refractivity contribution in [2.75, 3.05) is 20.2 Å². The molecular weight excluding hydrogens is 324 g/mol. The summed E-state index contributed by atoms with van der Waals surface area (Å²) in [7, 11) is 1.95. The first-order valence-electron chi connectivity index (χ1n) is 6.26. The molecule has 5 heteroatoms. The number of hydrogen-bond donors (Lipinski definition) is 1. The molecule has 0 saturated heterocycles. The summed E-state index contributed by atoms with van der Waals surface area (Å²) < 4.78 is 6.71. The van der Waals surface area contributed by atoms with Crippen LogP contribution in [0.25, 0.3) is 11.3 Å². The first kappa shape index (κ1) is 14.5. The van der Waals surface area contributed by atoms with Gasteiger partial charge >= 0.3 is 0 Å². The maximum Gasteiger partial charge on any atom is 0.128 e. The van der Waals surface area contributed by atoms with E-state index in [1.165, 1.54) is 0 Å². The van der Waals surface area contributed by atoms with Crippen LogP contribution in [0.15, 0.2) is 28.1 Å². The average Bonchev–Trinajstić information content (AvgIpc) is 2.87. The molecule has 0 fully saturated rings. The van der Waals surface area contributed by atoms with Crippen LogP contribution in [0, 0.1) is 0 Å². The lowest BCUT2D eigenvalue weighted by Gasteiger charge is -2.08. The topological polar surface area (TPSA) is 34.1 Å². The van der Waals surface area contributed by atoms with Crippen molar-refractivity contribution in [3.8, 4) is 17.0 Å². The third-order valence-corrected chi connectivity index (χ3v) is 4.06. The van der Waals surface area contributed by atoms with Crippen LogP contribution in [0.5, 0.6) is 5.75 Å². The lowest BCUT2D eigenvalue weighted by atomic mass is 10.1. The fraction of sp³-hybridized carbons (Fsp3) is 0.357. The van der Waals surface area contributed by atoms with Gasteiger partial charge in [0.1, 0.15) is 5.75 Å². The number of nitrogens with one attached hydrogen (secondary N) is 1. The highest BCUT2D eigenvalue weighted by Gasteiger charge is 2.11. The SMILES string of the molecule is CCOc1ccc(Br)cc1-c1csc(CCNC)n1. The summed E-state index contributed by atoms with van der Waals surface area (Å²) in [5, 5.41) is 6.38. The Kier molecular flexibility index (Phi) is 5.36. The second kappa shape index (κ2) is 7.03. The number of nitrogens with zero attached hydrogens (tertiary/aromatic N) is 1. The van der Waals surface area contributed by atoms with Crippen LogP contribution < -0.4 is 10.1 Å². The van der Waals surface area contributed by atoms with E-state index in [1.807, 2.05) is 26.1 Å². The molecule has 0 unspecified atom stereocenters. The summed E-state index contributed by atoms with van der Waals surface area (Å²) in [6, 6.07) is 6.03. The molecule has 19 heavy (non-hydrogen) atoms. The van der Waals surface area contributed by atoms with Crippen molar-refractivity contribution >= 4 is 27.3 Å². The molecule has 0 atom stereocenters. The summed E-state index contributed by atoms with van der Waals surface area (Å²) in [5.74, 6) is 0.885. The average molecular weight is 341 g/mol. The fourth-order valence-electron chi connectivity index (χ4n) is 1.77. The van der Waals surface area contributed by atoms with Gasteiger partial charge in [-0.3, -0.25) is 0 Å². The Morgan fingerprint density at radius 2 is 2.26 bits per heavy atom. The molecule has 0 aliphatic rings. The molecule has 102 valence electrons. The van der Waals surface area contributed by atoms with Gasteiger partial charge < -0.3 is 10.1 Å². The van der Waals surface area contributed by atoms with Gasteiger partial charge in [-0.05, 0) is 32.2 Å². The van der Waals surface area contributed by atoms with Gasteiger partial charge in [-0.2, -0.15) is 0 Å². The Labute approximate surface area is 126 Å². The predicted molar refractivity (Wildman–Crippen MR) is 84.0 cm³/mol. The number of aromatic nitrogens is 1. The molecule has 1 heterocycles. The van der Waals surface area contributed by atoms with Gasteiger partial charge in [-0.25, -0.2) is 4.98 Å². The van der Waals surface area contributed by atoms with E-state index < -0.39 is 0 Å². The Balaban J connectivity index is 2.29. The van der Waals surface area contributed by atoms with Crippen molar-refractivity contribution < 1.29 is 4.74 Å². The molecule has 2 rings (SSSR count). The molecule has 3 nitrogen and oxygen atoms in total. The zero-order valence-corrected chi connectivity index (χ0v) is 13.5. The minimum absolute atomic E-state index is 0.658. The molecule has 0 saturated carbocycles. The highest BCUT2D eigenvalue weighted by atomic mass is 79.9. The van der Waals surface area contributed by atoms with Gasteiger partial charge in [-0.15, -0.1) is 11.3 Å². The molecule has 1 aromatic carbocycles. The number of likely N-dealkylation sites (N-methyl/N-ethyl adjacent to an activating group) is 1. The predicted octanol–water partition coefficient (Wildman–Crippen LogP) is 3.73. The number of thiazole rings is 1. The van der Waals surface area contributed by atoms with Gasteiger partial charge in [0.15, 0.2) is 0 Å². The third-order valence-electron chi connectivity index (χ3n) is 2.66. The van der Waals surface area contributed by atoms with Gasteiger partial charge in [0.25, 0.3) is 0 Å². The third kappa shape index (κ3) is 3.78. The summed E-state index contributed by atoms with van der Waals surface area (Å²) >= 11 is 5.20. The lowest BCUT2D eigenvalue weighted by molar-refractivity contribution is 0.341. The van der Waals surface area contributed by atoms with Crippen LogP contribution in [-0.2, 0) is 6.42 Å². The van der Waals surface area contributed by atoms with Crippen molar-refractivity contribution in [3.63, 3.8) is 0 Å². The van der Waals surface area contributed by atoms with E-state index in [0.29, 0.717) is 6.61 Å². The van der Waals surface area contributed by atoms with Gasteiger partial charge in [0, 0.05) is 28.4 Å². The first-order valence-corrected chi connectivity index (χ1v) is 7.93. The van der Waals surface area contributed by atoms with E-state index in [0.717, 1.165) is 39.5 Å². The Morgan fingerprint density at radius 3 is 3.00 bits per heavy atom. The van der Waals surface area contributed by atoms with Crippen molar-refractivity contribution in [1.82, 2.24) is 10.3 Å². The van der Waals surface area contributed by atoms with Crippen LogP contribution in [0.4, 0.5) is 0 Å². The second-order valence-corrected chi connectivity index (χ2v) is 5.91. The Bertz CT molecular complexity index is 542. The van der Waals surface area contributed by atoms with Gasteiger partial charge in [-0.1, -0.05) is 15.9 Å². The molecule has 2 aromatic rings. The van der Waals surface area contributed by atoms with Crippen molar-refractivity contribution in [2.24, 2.45) is 0 Å². The van der Waals surface area contributed by atoms with Crippen LogP contribution >= 0.6 is 27.3 Å². The van der Waals surface area contributed by atoms with Crippen LogP contribution in [-0.4, -0.2) is 25.2 Å². The normalized spacial score (nSPS) is 10.7. The monoisotopic (exact) mass is 340 g/mol. The minimum Gasteiger partial charge on any atom is -0.493 e. The van der Waals surface area contributed by atoms with E-state index >= 15 is 0 Å². The summed E-state index contributed by atoms with van der Waals surface area (Å²) in [6.07, 6.45) is 0.957. The number of rotatable bonds is 6. The largest absolute Gasteiger partial charge is 0.493 e. The standard InChI is InChI=1S/C14H17BrN2OS/c1-3-18-13-5-4-10(15)8-11(13)12-9-19-14(17-12)6-7-16-2/h4-5,8-9,16H,3,6-7H2,1-2H3. The van der Waals surface area contributed by atoms with E-state index in [2.05, 4.69) is 37.7 Å². The van der Waals surface area contributed by atoms with Gasteiger partial charge in [0.05, 0.1) is 17.3 Å². The zero-order chi connectivity index (χ0) is 13.7. The maximum atomic E-state index is 5.67. The molecule has 0 spiro atoms. The zero-order valence-electron chi connectivity index (χ0n) is 11.1. The fourth-order valence-corrected chi connectivity index (χ4v) is 2.92. The second-order valence-electron chi connectivity index (χ2n) is 4.05. The number of hydrogen-bond acceptors (Lipinski definition) is 4. The van der Waals surface area contributed by atoms with Crippen LogP contribution in [0.3, 0.4) is 0 Å². The summed E-state index contributed by atoms with van der Waals surface area (Å²) in [6.45, 7) is 3.60. The van der Waals surface area contributed by atoms with Crippen molar-refractivity contribution in [3.05, 3.63) is 33.1 Å². The van der Waals surface area contributed by atoms with E-state index in [1.54, 1.807) is 11.3 Å². The lowest BCUT2D eigenvalue weighted by Crippen LogP contribution is -2.09. The molecule has 1 aromatic heterocycles. The molecule has 0 amide bonds. The smallest absolute Gasteiger partial charge is 0.128 e. The molecule has 0 aliphatic heterocycles. The van der Waals surface area contributed by atoms with E-state index in [9.17, 15) is 0 Å². The Morgan fingerprint density at radius 1 is 1.42 bits per heavy atom. The summed E-state index contributed by atoms with van der Waals surface area (Å²) in [5.41, 5.74) is 2.03. The maximum absolute atomic E-state index is 5.67. The van der Waals surface area contributed by atoms with Gasteiger partial charge in [0.2, 0.25) is 0 Å². The molecule has 0 aliphatic carbocycles. The Hall–Kier alpha value is -0.910. The molecule has 0 radical (unpaired) electrons. The summed E-state index contributed by atoms with van der Waals surface area (Å²) in [4.78, 5) is 4.68. The van der Waals surface area contributed by atoms with Crippen molar-refractivity contribution in [1.29, 1.82) is 0 Å². The highest BCUT2D eigenvalue weighted by Crippen LogP contribution is 2.33. The quantitative estimate of drug-likeness (QED) is 0.869. The first-order chi connectivity index (χ1) is 9.24. The van der Waals surface area contributed by atoms with E-state index in [4.69, 9.17) is 4.74 Å². The molecular formula is C14H17BrN2OS.